The van der Waals surface area contributed by atoms with Gasteiger partial charge in [0.15, 0.2) is 5.16 Å². The molecule has 144 valence electrons. The summed E-state index contributed by atoms with van der Waals surface area (Å²) in [5.74, 6) is 0.196. The predicted octanol–water partition coefficient (Wildman–Crippen LogP) is 3.51. The number of anilines is 2. The molecular formula is C21H22N4O2S. The zero-order valence-electron chi connectivity index (χ0n) is 15.7. The van der Waals surface area contributed by atoms with E-state index in [0.29, 0.717) is 5.16 Å². The summed E-state index contributed by atoms with van der Waals surface area (Å²) >= 11 is 1.35. The van der Waals surface area contributed by atoms with E-state index in [0.717, 1.165) is 54.3 Å². The van der Waals surface area contributed by atoms with Gasteiger partial charge in [-0.1, -0.05) is 30.0 Å². The topological polar surface area (TPSA) is 67.4 Å². The number of ether oxygens (including phenoxy) is 1. The molecular weight excluding hydrogens is 372 g/mol. The number of nitrogens with one attached hydrogen (secondary N) is 1. The van der Waals surface area contributed by atoms with E-state index in [9.17, 15) is 4.79 Å². The number of hydrogen-bond acceptors (Lipinski definition) is 6. The molecule has 4 rings (SSSR count). The van der Waals surface area contributed by atoms with Crippen molar-refractivity contribution < 1.29 is 9.53 Å². The number of hydrogen-bond donors (Lipinski definition) is 1. The standard InChI is InChI=1S/C21H22N4O2S/c1-15-18-4-2-3-5-19(18)24-21(22-15)28-14-20(26)23-16-6-8-17(9-7-16)25-10-12-27-13-11-25/h2-9H,10-14H2,1H3,(H,23,26). The molecule has 6 nitrogen and oxygen atoms in total. The van der Waals surface area contributed by atoms with Gasteiger partial charge in [-0.3, -0.25) is 4.79 Å². The number of thioether (sulfide) groups is 1. The first-order valence-corrected chi connectivity index (χ1v) is 10.3. The first-order chi connectivity index (χ1) is 13.7. The molecule has 7 heteroatoms. The molecule has 2 heterocycles. The van der Waals surface area contributed by atoms with Crippen LogP contribution in [0.15, 0.2) is 53.7 Å². The Morgan fingerprint density at radius 1 is 1.11 bits per heavy atom. The maximum atomic E-state index is 12.3. The van der Waals surface area contributed by atoms with E-state index in [1.165, 1.54) is 11.8 Å². The first-order valence-electron chi connectivity index (χ1n) is 9.28. The number of fused-ring (bicyclic) bond motifs is 1. The Kier molecular flexibility index (Phi) is 5.73. The Morgan fingerprint density at radius 2 is 1.86 bits per heavy atom. The zero-order chi connectivity index (χ0) is 19.3. The fourth-order valence-corrected chi connectivity index (χ4v) is 3.87. The molecule has 28 heavy (non-hydrogen) atoms. The van der Waals surface area contributed by atoms with Gasteiger partial charge in [0.05, 0.1) is 24.5 Å². The van der Waals surface area contributed by atoms with Crippen molar-refractivity contribution in [3.63, 3.8) is 0 Å². The van der Waals surface area contributed by atoms with Crippen LogP contribution < -0.4 is 10.2 Å². The highest BCUT2D eigenvalue weighted by atomic mass is 32.2. The highest BCUT2D eigenvalue weighted by Crippen LogP contribution is 2.22. The number of aromatic nitrogens is 2. The minimum atomic E-state index is -0.0708. The minimum absolute atomic E-state index is 0.0708. The molecule has 1 aromatic heterocycles. The van der Waals surface area contributed by atoms with Gasteiger partial charge in [0, 0.05) is 35.5 Å². The molecule has 0 saturated carbocycles. The van der Waals surface area contributed by atoms with Crippen LogP contribution in [0.25, 0.3) is 10.9 Å². The van der Waals surface area contributed by atoms with Gasteiger partial charge in [0.2, 0.25) is 5.91 Å². The second-order valence-electron chi connectivity index (χ2n) is 6.59. The Balaban J connectivity index is 1.34. The third-order valence-corrected chi connectivity index (χ3v) is 5.48. The molecule has 0 atom stereocenters. The Bertz CT molecular complexity index is 972. The molecule has 0 radical (unpaired) electrons. The molecule has 3 aromatic rings. The fraction of sp³-hybridized carbons (Fsp3) is 0.286. The maximum absolute atomic E-state index is 12.3. The van der Waals surface area contributed by atoms with Crippen molar-refractivity contribution in [2.24, 2.45) is 0 Å². The molecule has 1 aliphatic rings. The lowest BCUT2D eigenvalue weighted by Crippen LogP contribution is -2.36. The maximum Gasteiger partial charge on any atom is 0.234 e. The van der Waals surface area contributed by atoms with Crippen molar-refractivity contribution in [2.75, 3.05) is 42.3 Å². The number of morpholine rings is 1. The van der Waals surface area contributed by atoms with Gasteiger partial charge in [0.25, 0.3) is 0 Å². The van der Waals surface area contributed by atoms with Gasteiger partial charge in [-0.25, -0.2) is 9.97 Å². The molecule has 0 bridgehead atoms. The third-order valence-electron chi connectivity index (χ3n) is 4.63. The van der Waals surface area contributed by atoms with Crippen molar-refractivity contribution in [2.45, 2.75) is 12.1 Å². The van der Waals surface area contributed by atoms with Crippen molar-refractivity contribution >= 4 is 39.9 Å². The normalized spacial score (nSPS) is 14.2. The molecule has 1 saturated heterocycles. The van der Waals surface area contributed by atoms with Crippen molar-refractivity contribution in [1.82, 2.24) is 9.97 Å². The second-order valence-corrected chi connectivity index (χ2v) is 7.53. The first kappa shape index (κ1) is 18.7. The van der Waals surface area contributed by atoms with E-state index >= 15 is 0 Å². The molecule has 1 N–H and O–H groups in total. The molecule has 2 aromatic carbocycles. The van der Waals surface area contributed by atoms with Crippen molar-refractivity contribution in [3.8, 4) is 0 Å². The Hall–Kier alpha value is -2.64. The quantitative estimate of drug-likeness (QED) is 0.528. The van der Waals surface area contributed by atoms with Gasteiger partial charge < -0.3 is 15.0 Å². The molecule has 0 unspecified atom stereocenters. The van der Waals surface area contributed by atoms with Crippen LogP contribution in [0.3, 0.4) is 0 Å². The van der Waals surface area contributed by atoms with Crippen LogP contribution in [0.1, 0.15) is 5.69 Å². The number of aryl methyl sites for hydroxylation is 1. The van der Waals surface area contributed by atoms with Gasteiger partial charge in [-0.15, -0.1) is 0 Å². The van der Waals surface area contributed by atoms with Crippen molar-refractivity contribution in [1.29, 1.82) is 0 Å². The predicted molar refractivity (Wildman–Crippen MR) is 113 cm³/mol. The SMILES string of the molecule is Cc1nc(SCC(=O)Nc2ccc(N3CCOCC3)cc2)nc2ccccc12. The number of amides is 1. The van der Waals surface area contributed by atoms with Crippen LogP contribution in [0.4, 0.5) is 11.4 Å². The third kappa shape index (κ3) is 4.43. The van der Waals surface area contributed by atoms with Crippen LogP contribution in [0, 0.1) is 6.92 Å². The minimum Gasteiger partial charge on any atom is -0.378 e. The number of para-hydroxylation sites is 1. The van der Waals surface area contributed by atoms with Gasteiger partial charge in [-0.2, -0.15) is 0 Å². The lowest BCUT2D eigenvalue weighted by Gasteiger charge is -2.28. The number of carbonyl (C=O) groups excluding carboxylic acids is 1. The molecule has 0 spiro atoms. The van der Waals surface area contributed by atoms with E-state index < -0.39 is 0 Å². The van der Waals surface area contributed by atoms with Crippen molar-refractivity contribution in [3.05, 3.63) is 54.2 Å². The monoisotopic (exact) mass is 394 g/mol. The van der Waals surface area contributed by atoms with E-state index in [1.807, 2.05) is 55.5 Å². The van der Waals surface area contributed by atoms with E-state index in [1.54, 1.807) is 0 Å². The van der Waals surface area contributed by atoms with Crippen LogP contribution in [0.5, 0.6) is 0 Å². The summed E-state index contributed by atoms with van der Waals surface area (Å²) < 4.78 is 5.38. The summed E-state index contributed by atoms with van der Waals surface area (Å²) in [6.07, 6.45) is 0. The van der Waals surface area contributed by atoms with Crippen LogP contribution in [0.2, 0.25) is 0 Å². The highest BCUT2D eigenvalue weighted by Gasteiger charge is 2.12. The lowest BCUT2D eigenvalue weighted by atomic mass is 10.2. The summed E-state index contributed by atoms with van der Waals surface area (Å²) in [7, 11) is 0. The van der Waals surface area contributed by atoms with Crippen LogP contribution in [-0.2, 0) is 9.53 Å². The van der Waals surface area contributed by atoms with E-state index in [2.05, 4.69) is 20.2 Å². The smallest absolute Gasteiger partial charge is 0.234 e. The van der Waals surface area contributed by atoms with E-state index in [-0.39, 0.29) is 11.7 Å². The largest absolute Gasteiger partial charge is 0.378 e. The van der Waals surface area contributed by atoms with Crippen LogP contribution >= 0.6 is 11.8 Å². The summed E-state index contributed by atoms with van der Waals surface area (Å²) in [6.45, 7) is 5.27. The summed E-state index contributed by atoms with van der Waals surface area (Å²) in [4.78, 5) is 23.6. The number of benzene rings is 2. The average Bonchev–Trinajstić information content (AvgIpc) is 2.73. The molecule has 1 fully saturated rings. The second kappa shape index (κ2) is 8.58. The van der Waals surface area contributed by atoms with Gasteiger partial charge in [0.1, 0.15) is 0 Å². The molecule has 1 amide bonds. The van der Waals surface area contributed by atoms with Gasteiger partial charge in [-0.05, 0) is 37.3 Å². The number of nitrogens with zero attached hydrogens (tertiary/aromatic N) is 3. The summed E-state index contributed by atoms with van der Waals surface area (Å²) in [5.41, 5.74) is 3.76. The lowest BCUT2D eigenvalue weighted by molar-refractivity contribution is -0.113. The van der Waals surface area contributed by atoms with Crippen LogP contribution in [-0.4, -0.2) is 47.9 Å². The Morgan fingerprint density at radius 3 is 2.64 bits per heavy atom. The Labute approximate surface area is 168 Å². The summed E-state index contributed by atoms with van der Waals surface area (Å²) in [5, 5.41) is 4.59. The fourth-order valence-electron chi connectivity index (χ4n) is 3.18. The molecule has 0 aliphatic carbocycles. The highest BCUT2D eigenvalue weighted by molar-refractivity contribution is 7.99. The summed E-state index contributed by atoms with van der Waals surface area (Å²) in [6, 6.07) is 15.8. The number of rotatable bonds is 5. The zero-order valence-corrected chi connectivity index (χ0v) is 16.5. The average molecular weight is 395 g/mol. The van der Waals surface area contributed by atoms with E-state index in [4.69, 9.17) is 4.74 Å². The number of carbonyl (C=O) groups is 1. The van der Waals surface area contributed by atoms with Gasteiger partial charge >= 0.3 is 0 Å². The molecule has 1 aliphatic heterocycles.